The molecule has 1 aliphatic heterocycles. The van der Waals surface area contributed by atoms with Gasteiger partial charge in [0, 0.05) is 11.5 Å². The molecule has 2 rings (SSSR count). The molecule has 1 aromatic heterocycles. The Morgan fingerprint density at radius 2 is 1.74 bits per heavy atom. The second-order valence-electron chi connectivity index (χ2n) is 6.11. The number of hydrogen-bond donors (Lipinski definition) is 0. The summed E-state index contributed by atoms with van der Waals surface area (Å²) < 4.78 is 18.3. The maximum Gasteiger partial charge on any atom is 0.193 e. The van der Waals surface area contributed by atoms with Crippen molar-refractivity contribution in [2.75, 3.05) is 19.8 Å². The van der Waals surface area contributed by atoms with Gasteiger partial charge in [-0.05, 0) is 21.8 Å². The minimum atomic E-state index is -0.259. The molecule has 5 heteroatoms. The zero-order chi connectivity index (χ0) is 18.0. The first kappa shape index (κ1) is 22.9. The summed E-state index contributed by atoms with van der Waals surface area (Å²) in [5, 5.41) is 0. The standard InChI is InChI=1S/C14H21BrO3S.2C2H6/c1-9(2)6-16-10-5-11(19-12(10)15)13-17-7-14(3,4)8-18-13;2*1-2/h5,9,13H,6-8H2,1-4H3;2*1-2H3. The summed E-state index contributed by atoms with van der Waals surface area (Å²) in [6, 6.07) is 2.01. The Labute approximate surface area is 154 Å². The molecule has 0 aliphatic carbocycles. The first-order chi connectivity index (χ1) is 10.9. The SMILES string of the molecule is CC.CC.CC(C)COc1cc(C2OCC(C)(C)CO2)sc1Br. The first-order valence-corrected chi connectivity index (χ1v) is 10.1. The molecule has 3 nitrogen and oxygen atoms in total. The van der Waals surface area contributed by atoms with E-state index in [2.05, 4.69) is 43.6 Å². The van der Waals surface area contributed by atoms with Crippen LogP contribution in [0.15, 0.2) is 9.85 Å². The molecule has 0 saturated carbocycles. The molecule has 0 radical (unpaired) electrons. The van der Waals surface area contributed by atoms with Gasteiger partial charge in [0.05, 0.1) is 24.7 Å². The molecule has 1 saturated heterocycles. The van der Waals surface area contributed by atoms with Crippen molar-refractivity contribution in [2.45, 2.75) is 61.7 Å². The molecule has 2 heterocycles. The smallest absolute Gasteiger partial charge is 0.193 e. The van der Waals surface area contributed by atoms with Crippen LogP contribution in [0.4, 0.5) is 0 Å². The third-order valence-electron chi connectivity index (χ3n) is 2.73. The zero-order valence-corrected chi connectivity index (χ0v) is 18.3. The van der Waals surface area contributed by atoms with Gasteiger partial charge in [0.15, 0.2) is 6.29 Å². The van der Waals surface area contributed by atoms with Crippen LogP contribution in [0.25, 0.3) is 0 Å². The lowest BCUT2D eigenvalue weighted by Crippen LogP contribution is -2.33. The molecular weight excluding hydrogens is 376 g/mol. The van der Waals surface area contributed by atoms with Crippen molar-refractivity contribution in [1.82, 2.24) is 0 Å². The lowest BCUT2D eigenvalue weighted by molar-refractivity contribution is -0.224. The summed E-state index contributed by atoms with van der Waals surface area (Å²) in [4.78, 5) is 1.06. The highest BCUT2D eigenvalue weighted by atomic mass is 79.9. The number of ether oxygens (including phenoxy) is 3. The van der Waals surface area contributed by atoms with Gasteiger partial charge in [0.25, 0.3) is 0 Å². The molecule has 23 heavy (non-hydrogen) atoms. The summed E-state index contributed by atoms with van der Waals surface area (Å²) in [6.45, 7) is 18.7. The first-order valence-electron chi connectivity index (χ1n) is 8.52. The Balaban J connectivity index is 0.00000112. The fourth-order valence-electron chi connectivity index (χ4n) is 1.70. The zero-order valence-electron chi connectivity index (χ0n) is 15.9. The molecule has 0 atom stereocenters. The molecule has 0 unspecified atom stereocenters. The number of hydrogen-bond acceptors (Lipinski definition) is 4. The maximum absolute atomic E-state index is 5.78. The van der Waals surface area contributed by atoms with Crippen LogP contribution in [0.3, 0.4) is 0 Å². The highest BCUT2D eigenvalue weighted by Gasteiger charge is 2.30. The second-order valence-corrected chi connectivity index (χ2v) is 8.51. The number of rotatable bonds is 4. The van der Waals surface area contributed by atoms with E-state index < -0.39 is 0 Å². The third-order valence-corrected chi connectivity index (χ3v) is 4.53. The second kappa shape index (κ2) is 11.5. The Morgan fingerprint density at radius 3 is 2.22 bits per heavy atom. The van der Waals surface area contributed by atoms with Crippen LogP contribution in [0.1, 0.15) is 66.6 Å². The largest absolute Gasteiger partial charge is 0.491 e. The minimum absolute atomic E-state index is 0.0992. The Bertz CT molecular complexity index is 420. The molecule has 1 fully saturated rings. The van der Waals surface area contributed by atoms with Gasteiger partial charge in [-0.2, -0.15) is 0 Å². The topological polar surface area (TPSA) is 27.7 Å². The van der Waals surface area contributed by atoms with Gasteiger partial charge in [-0.25, -0.2) is 0 Å². The fraction of sp³-hybridized carbons (Fsp3) is 0.778. The van der Waals surface area contributed by atoms with E-state index in [4.69, 9.17) is 14.2 Å². The van der Waals surface area contributed by atoms with E-state index in [9.17, 15) is 0 Å². The van der Waals surface area contributed by atoms with Crippen molar-refractivity contribution in [1.29, 1.82) is 0 Å². The number of halogens is 1. The quantitative estimate of drug-likeness (QED) is 0.556. The molecule has 0 aromatic carbocycles. The van der Waals surface area contributed by atoms with E-state index in [0.717, 1.165) is 27.6 Å². The number of thiophene rings is 1. The molecule has 0 N–H and O–H groups in total. The van der Waals surface area contributed by atoms with E-state index in [0.29, 0.717) is 12.5 Å². The van der Waals surface area contributed by atoms with Crippen LogP contribution < -0.4 is 4.74 Å². The molecule has 0 bridgehead atoms. The average molecular weight is 409 g/mol. The maximum atomic E-state index is 5.78. The van der Waals surface area contributed by atoms with Crippen LogP contribution in [-0.2, 0) is 9.47 Å². The van der Waals surface area contributed by atoms with Crippen molar-refractivity contribution in [3.63, 3.8) is 0 Å². The molecule has 1 aliphatic rings. The predicted molar refractivity (Wildman–Crippen MR) is 103 cm³/mol. The van der Waals surface area contributed by atoms with Crippen LogP contribution in [-0.4, -0.2) is 19.8 Å². The van der Waals surface area contributed by atoms with E-state index in [1.165, 1.54) is 0 Å². The monoisotopic (exact) mass is 408 g/mol. The highest BCUT2D eigenvalue weighted by molar-refractivity contribution is 9.11. The van der Waals surface area contributed by atoms with Gasteiger partial charge >= 0.3 is 0 Å². The van der Waals surface area contributed by atoms with E-state index in [1.54, 1.807) is 11.3 Å². The Kier molecular flexibility index (Phi) is 11.4. The minimum Gasteiger partial charge on any atom is -0.491 e. The van der Waals surface area contributed by atoms with Crippen molar-refractivity contribution >= 4 is 27.3 Å². The van der Waals surface area contributed by atoms with E-state index in [-0.39, 0.29) is 11.7 Å². The molecule has 0 amide bonds. The normalized spacial score (nSPS) is 17.0. The van der Waals surface area contributed by atoms with E-state index in [1.807, 2.05) is 33.8 Å². The average Bonchev–Trinajstić information content (AvgIpc) is 2.90. The van der Waals surface area contributed by atoms with Crippen LogP contribution in [0, 0.1) is 11.3 Å². The Hall–Kier alpha value is -0.100. The summed E-state index contributed by atoms with van der Waals surface area (Å²) in [5.74, 6) is 1.39. The predicted octanol–water partition coefficient (Wildman–Crippen LogP) is 6.67. The summed E-state index contributed by atoms with van der Waals surface area (Å²) in [5.41, 5.74) is 0.0992. The van der Waals surface area contributed by atoms with Crippen LogP contribution in [0.5, 0.6) is 5.75 Å². The molecular formula is C18H33BrO3S. The van der Waals surface area contributed by atoms with Gasteiger partial charge < -0.3 is 14.2 Å². The molecule has 0 spiro atoms. The van der Waals surface area contributed by atoms with Crippen molar-refractivity contribution in [3.8, 4) is 5.75 Å². The van der Waals surface area contributed by atoms with Gasteiger partial charge in [-0.1, -0.05) is 55.4 Å². The van der Waals surface area contributed by atoms with E-state index >= 15 is 0 Å². The Morgan fingerprint density at radius 1 is 1.22 bits per heavy atom. The summed E-state index contributed by atoms with van der Waals surface area (Å²) >= 11 is 5.15. The van der Waals surface area contributed by atoms with Crippen LogP contribution in [0.2, 0.25) is 0 Å². The molecule has 136 valence electrons. The molecule has 1 aromatic rings. The van der Waals surface area contributed by atoms with Gasteiger partial charge in [0.2, 0.25) is 0 Å². The summed E-state index contributed by atoms with van der Waals surface area (Å²) in [6.07, 6.45) is -0.259. The van der Waals surface area contributed by atoms with Crippen LogP contribution >= 0.6 is 27.3 Å². The van der Waals surface area contributed by atoms with Gasteiger partial charge in [-0.3, -0.25) is 0 Å². The third kappa shape index (κ3) is 8.01. The van der Waals surface area contributed by atoms with Crippen molar-refractivity contribution < 1.29 is 14.2 Å². The fourth-order valence-corrected chi connectivity index (χ4v) is 3.31. The highest BCUT2D eigenvalue weighted by Crippen LogP contribution is 2.41. The van der Waals surface area contributed by atoms with Gasteiger partial charge in [0.1, 0.15) is 9.54 Å². The van der Waals surface area contributed by atoms with Gasteiger partial charge in [-0.15, -0.1) is 11.3 Å². The lowest BCUT2D eigenvalue weighted by atomic mass is 9.96. The van der Waals surface area contributed by atoms with Crippen molar-refractivity contribution in [2.24, 2.45) is 11.3 Å². The summed E-state index contributed by atoms with van der Waals surface area (Å²) in [7, 11) is 0. The lowest BCUT2D eigenvalue weighted by Gasteiger charge is -2.34. The van der Waals surface area contributed by atoms with Crippen molar-refractivity contribution in [3.05, 3.63) is 14.7 Å².